The summed E-state index contributed by atoms with van der Waals surface area (Å²) < 4.78 is 0. The predicted molar refractivity (Wildman–Crippen MR) is 86.9 cm³/mol. The Labute approximate surface area is 130 Å². The number of hydrogen-bond acceptors (Lipinski definition) is 2. The van der Waals surface area contributed by atoms with E-state index in [1.807, 2.05) is 6.07 Å². The van der Waals surface area contributed by atoms with Gasteiger partial charge in [0.05, 0.1) is 6.10 Å². The maximum atomic E-state index is 10.9. The van der Waals surface area contributed by atoms with Crippen LogP contribution in [0.2, 0.25) is 0 Å². The van der Waals surface area contributed by atoms with Gasteiger partial charge in [-0.1, -0.05) is 25.1 Å². The molecule has 22 heavy (non-hydrogen) atoms. The Balaban J connectivity index is 1.76. The fourth-order valence-electron chi connectivity index (χ4n) is 5.76. The number of fused-ring (bicyclic) bond motifs is 6. The molecule has 2 fully saturated rings. The van der Waals surface area contributed by atoms with Crippen molar-refractivity contribution in [3.05, 3.63) is 41.5 Å². The second-order valence-corrected chi connectivity index (χ2v) is 7.98. The molecule has 2 aromatic rings. The lowest BCUT2D eigenvalue weighted by Gasteiger charge is -2.45. The third kappa shape index (κ3) is 1.40. The minimum atomic E-state index is -0.375. The van der Waals surface area contributed by atoms with E-state index in [1.54, 1.807) is 12.1 Å². The molecule has 2 nitrogen and oxygen atoms in total. The van der Waals surface area contributed by atoms with Crippen molar-refractivity contribution in [1.82, 2.24) is 0 Å². The van der Waals surface area contributed by atoms with E-state index in [1.165, 1.54) is 31.2 Å². The molecule has 114 valence electrons. The zero-order valence-corrected chi connectivity index (χ0v) is 13.0. The molecule has 2 heteroatoms. The maximum Gasteiger partial charge on any atom is 0.116 e. The van der Waals surface area contributed by atoms with Gasteiger partial charge in [0.2, 0.25) is 0 Å². The van der Waals surface area contributed by atoms with Gasteiger partial charge in [0, 0.05) is 0 Å². The summed E-state index contributed by atoms with van der Waals surface area (Å²) in [5.74, 6) is 0.881. The van der Waals surface area contributed by atoms with Crippen molar-refractivity contribution in [2.45, 2.75) is 51.0 Å². The molecule has 3 atom stereocenters. The van der Waals surface area contributed by atoms with Crippen LogP contribution in [0.15, 0.2) is 30.3 Å². The second kappa shape index (κ2) is 3.86. The molecule has 5 rings (SSSR count). The smallest absolute Gasteiger partial charge is 0.116 e. The van der Waals surface area contributed by atoms with E-state index in [0.29, 0.717) is 17.1 Å². The summed E-state index contributed by atoms with van der Waals surface area (Å²) in [7, 11) is 0. The van der Waals surface area contributed by atoms with Crippen LogP contribution in [0.1, 0.15) is 62.2 Å². The number of rotatable bonds is 0. The first-order chi connectivity index (χ1) is 10.5. The Morgan fingerprint density at radius 1 is 1.09 bits per heavy atom. The summed E-state index contributed by atoms with van der Waals surface area (Å²) in [6, 6.07) is 9.83. The Bertz CT molecular complexity index is 790. The predicted octanol–water partition coefficient (Wildman–Crippen LogP) is 4.65. The minimum absolute atomic E-state index is 0.268. The van der Waals surface area contributed by atoms with Crippen LogP contribution < -0.4 is 0 Å². The lowest BCUT2D eigenvalue weighted by molar-refractivity contribution is 0.0470. The number of aliphatic hydroxyl groups excluding tert-OH is 1. The molecular formula is C20H22O2. The van der Waals surface area contributed by atoms with E-state index in [9.17, 15) is 10.2 Å². The summed E-state index contributed by atoms with van der Waals surface area (Å²) >= 11 is 0. The molecule has 3 aliphatic carbocycles. The van der Waals surface area contributed by atoms with Crippen LogP contribution in [0.4, 0.5) is 0 Å². The molecule has 2 N–H and O–H groups in total. The van der Waals surface area contributed by atoms with Crippen LogP contribution in [-0.4, -0.2) is 10.2 Å². The normalized spacial score (nSPS) is 34.6. The molecule has 0 unspecified atom stereocenters. The van der Waals surface area contributed by atoms with Gasteiger partial charge in [0.25, 0.3) is 0 Å². The molecule has 0 amide bonds. The monoisotopic (exact) mass is 294 g/mol. The first kappa shape index (κ1) is 13.0. The molecule has 0 bridgehead atoms. The molecule has 0 heterocycles. The highest BCUT2D eigenvalue weighted by atomic mass is 16.3. The number of hydrogen-bond donors (Lipinski definition) is 2. The van der Waals surface area contributed by atoms with Gasteiger partial charge < -0.3 is 10.2 Å². The van der Waals surface area contributed by atoms with Crippen LogP contribution in [-0.2, 0) is 0 Å². The molecule has 3 aliphatic rings. The van der Waals surface area contributed by atoms with Gasteiger partial charge in [-0.3, -0.25) is 0 Å². The fourth-order valence-corrected chi connectivity index (χ4v) is 5.76. The van der Waals surface area contributed by atoms with Crippen molar-refractivity contribution >= 4 is 10.8 Å². The van der Waals surface area contributed by atoms with Crippen LogP contribution in [0.25, 0.3) is 10.8 Å². The minimum Gasteiger partial charge on any atom is -0.508 e. The Morgan fingerprint density at radius 3 is 2.68 bits per heavy atom. The number of aliphatic hydroxyl groups is 1. The van der Waals surface area contributed by atoms with Crippen molar-refractivity contribution in [1.29, 1.82) is 0 Å². The Morgan fingerprint density at radius 2 is 1.91 bits per heavy atom. The van der Waals surface area contributed by atoms with Crippen LogP contribution >= 0.6 is 0 Å². The molecule has 2 saturated carbocycles. The number of aromatic hydroxyl groups is 1. The molecular weight excluding hydrogens is 272 g/mol. The zero-order chi connectivity index (χ0) is 15.1. The van der Waals surface area contributed by atoms with Crippen LogP contribution in [0, 0.1) is 10.8 Å². The highest BCUT2D eigenvalue weighted by molar-refractivity contribution is 5.88. The molecule has 2 aromatic carbocycles. The van der Waals surface area contributed by atoms with Crippen molar-refractivity contribution in [3.8, 4) is 5.75 Å². The largest absolute Gasteiger partial charge is 0.508 e. The van der Waals surface area contributed by atoms with E-state index in [2.05, 4.69) is 19.1 Å². The van der Waals surface area contributed by atoms with E-state index in [0.717, 1.165) is 22.8 Å². The number of benzene rings is 2. The van der Waals surface area contributed by atoms with Crippen LogP contribution in [0.5, 0.6) is 5.75 Å². The van der Waals surface area contributed by atoms with Gasteiger partial charge in [0.1, 0.15) is 5.75 Å². The highest BCUT2D eigenvalue weighted by Gasteiger charge is 2.65. The summed E-state index contributed by atoms with van der Waals surface area (Å²) in [6.07, 6.45) is 5.81. The third-order valence-corrected chi connectivity index (χ3v) is 7.15. The van der Waals surface area contributed by atoms with Gasteiger partial charge in [-0.15, -0.1) is 0 Å². The van der Waals surface area contributed by atoms with E-state index >= 15 is 0 Å². The van der Waals surface area contributed by atoms with Crippen LogP contribution in [0.3, 0.4) is 0 Å². The van der Waals surface area contributed by atoms with Crippen molar-refractivity contribution in [3.63, 3.8) is 0 Å². The summed E-state index contributed by atoms with van der Waals surface area (Å²) in [6.45, 7) is 2.42. The lowest BCUT2D eigenvalue weighted by atomic mass is 9.60. The topological polar surface area (TPSA) is 40.5 Å². The maximum absolute atomic E-state index is 10.9. The quantitative estimate of drug-likeness (QED) is 0.742. The van der Waals surface area contributed by atoms with Gasteiger partial charge in [-0.2, -0.15) is 0 Å². The highest BCUT2D eigenvalue weighted by Crippen LogP contribution is 2.75. The second-order valence-electron chi connectivity index (χ2n) is 7.98. The van der Waals surface area contributed by atoms with Crippen molar-refractivity contribution < 1.29 is 10.2 Å². The first-order valence-electron chi connectivity index (χ1n) is 8.48. The summed E-state index contributed by atoms with van der Waals surface area (Å²) in [5, 5.41) is 22.8. The Hall–Kier alpha value is -1.54. The third-order valence-electron chi connectivity index (χ3n) is 7.15. The van der Waals surface area contributed by atoms with Gasteiger partial charge in [0.15, 0.2) is 0 Å². The van der Waals surface area contributed by atoms with E-state index < -0.39 is 0 Å². The van der Waals surface area contributed by atoms with Gasteiger partial charge >= 0.3 is 0 Å². The fraction of sp³-hybridized carbons (Fsp3) is 0.500. The average Bonchev–Trinajstić information content (AvgIpc) is 3.21. The van der Waals surface area contributed by atoms with Gasteiger partial charge in [-0.05, 0) is 82.9 Å². The van der Waals surface area contributed by atoms with E-state index in [-0.39, 0.29) is 11.5 Å². The van der Waals surface area contributed by atoms with Crippen molar-refractivity contribution in [2.24, 2.45) is 10.8 Å². The molecule has 0 saturated heterocycles. The SMILES string of the molecule is C[C@]12C[C@@H](O)c3c(ccc4cc(O)ccc34)[C@@H]1CCC21CC1. The van der Waals surface area contributed by atoms with E-state index in [4.69, 9.17) is 0 Å². The first-order valence-corrected chi connectivity index (χ1v) is 8.48. The lowest BCUT2D eigenvalue weighted by Crippen LogP contribution is -2.35. The number of phenols is 1. The molecule has 0 radical (unpaired) electrons. The molecule has 1 spiro atoms. The molecule has 0 aromatic heterocycles. The summed E-state index contributed by atoms with van der Waals surface area (Å²) in [5.41, 5.74) is 3.27. The number of phenolic OH excluding ortho intramolecular Hbond substituents is 1. The molecule has 0 aliphatic heterocycles. The summed E-state index contributed by atoms with van der Waals surface area (Å²) in [4.78, 5) is 0. The van der Waals surface area contributed by atoms with Gasteiger partial charge in [-0.25, -0.2) is 0 Å². The zero-order valence-electron chi connectivity index (χ0n) is 13.0. The average molecular weight is 294 g/mol. The Kier molecular flexibility index (Phi) is 2.27. The van der Waals surface area contributed by atoms with Crippen molar-refractivity contribution in [2.75, 3.05) is 0 Å². The standard InChI is InChI=1S/C20H22O2/c1-19-11-17(22)18-14-5-3-13(21)10-12(14)2-4-15(18)16(19)6-7-20(19)8-9-20/h2-5,10,16-17,21-22H,6-9,11H2,1H3/t16-,17+,19-/m0/s1.